The van der Waals surface area contributed by atoms with Crippen LogP contribution in [0.15, 0.2) is 60.8 Å². The fourth-order valence-electron chi connectivity index (χ4n) is 4.71. The molecule has 2 aromatic carbocycles. The molecule has 2 heterocycles. The van der Waals surface area contributed by atoms with E-state index in [9.17, 15) is 28.3 Å². The van der Waals surface area contributed by atoms with Crippen molar-refractivity contribution in [3.63, 3.8) is 0 Å². The molecule has 2 amide bonds. The lowest BCUT2D eigenvalue weighted by Gasteiger charge is -2.23. The molecule has 5 rings (SSSR count). The van der Waals surface area contributed by atoms with Gasteiger partial charge < -0.3 is 15.3 Å². The van der Waals surface area contributed by atoms with Crippen LogP contribution in [-0.2, 0) is 31.2 Å². The number of aromatic nitrogens is 3. The molecule has 39 heavy (non-hydrogen) atoms. The second-order valence-corrected chi connectivity index (χ2v) is 9.10. The maximum Gasteiger partial charge on any atom is 0.335 e. The zero-order valence-corrected chi connectivity index (χ0v) is 20.8. The number of hydrogen-bond acceptors (Lipinski definition) is 5. The van der Waals surface area contributed by atoms with Crippen LogP contribution in [0.3, 0.4) is 0 Å². The first-order valence-electron chi connectivity index (χ1n) is 12.1. The smallest absolute Gasteiger partial charge is 0.335 e. The Kier molecular flexibility index (Phi) is 6.88. The number of carboxylic acid groups (broad SMARTS) is 1. The molecule has 9 nitrogen and oxygen atoms in total. The minimum atomic E-state index is -1.29. The Balaban J connectivity index is 1.47. The van der Waals surface area contributed by atoms with Crippen LogP contribution in [-0.4, -0.2) is 49.1 Å². The summed E-state index contributed by atoms with van der Waals surface area (Å²) in [5.41, 5.74) is 2.93. The summed E-state index contributed by atoms with van der Waals surface area (Å²) in [6.45, 7) is -0.812. The van der Waals surface area contributed by atoms with Crippen LogP contribution < -0.4 is 5.32 Å². The Labute approximate surface area is 221 Å². The fourth-order valence-corrected chi connectivity index (χ4v) is 4.71. The molecule has 0 unspecified atom stereocenters. The molecule has 0 saturated heterocycles. The average Bonchev–Trinajstić information content (AvgIpc) is 3.27. The number of pyridine rings is 1. The van der Waals surface area contributed by atoms with Gasteiger partial charge in [-0.25, -0.2) is 13.6 Å². The summed E-state index contributed by atoms with van der Waals surface area (Å²) in [5.74, 6) is -4.08. The Morgan fingerprint density at radius 1 is 1.05 bits per heavy atom. The molecule has 1 aliphatic carbocycles. The molecule has 0 aliphatic heterocycles. The average molecular weight is 532 g/mol. The van der Waals surface area contributed by atoms with Crippen LogP contribution in [0.5, 0.6) is 0 Å². The van der Waals surface area contributed by atoms with Crippen molar-refractivity contribution in [3.8, 4) is 11.3 Å². The molecule has 0 bridgehead atoms. The molecule has 2 aromatic heterocycles. The number of nitrogens with zero attached hydrogens (tertiary/aromatic N) is 4. The van der Waals surface area contributed by atoms with Gasteiger partial charge in [-0.3, -0.25) is 19.3 Å². The number of carbonyl (C=O) groups is 3. The number of aryl methyl sites for hydroxylation is 2. The number of halogens is 2. The normalized spacial score (nSPS) is 11.9. The highest BCUT2D eigenvalue weighted by Gasteiger charge is 2.31. The van der Waals surface area contributed by atoms with Gasteiger partial charge in [0.1, 0.15) is 18.2 Å². The van der Waals surface area contributed by atoms with Gasteiger partial charge in [0.25, 0.3) is 5.91 Å². The van der Waals surface area contributed by atoms with Crippen LogP contribution in [0.25, 0.3) is 11.3 Å². The maximum absolute atomic E-state index is 14.5. The van der Waals surface area contributed by atoms with E-state index in [1.54, 1.807) is 30.1 Å². The molecular formula is C28H23F2N5O4. The Hall–Kier alpha value is -4.93. The van der Waals surface area contributed by atoms with Crippen molar-refractivity contribution in [1.82, 2.24) is 19.7 Å². The first kappa shape index (κ1) is 25.7. The second-order valence-electron chi connectivity index (χ2n) is 9.10. The highest BCUT2D eigenvalue weighted by Crippen LogP contribution is 2.34. The number of amides is 2. The first-order valence-corrected chi connectivity index (χ1v) is 12.1. The highest BCUT2D eigenvalue weighted by atomic mass is 19.1. The van der Waals surface area contributed by atoms with Crippen molar-refractivity contribution in [1.29, 1.82) is 0 Å². The lowest BCUT2D eigenvalue weighted by molar-refractivity contribution is -0.117. The summed E-state index contributed by atoms with van der Waals surface area (Å²) < 4.78 is 30.5. The Morgan fingerprint density at radius 3 is 2.62 bits per heavy atom. The van der Waals surface area contributed by atoms with Gasteiger partial charge in [0, 0.05) is 36.5 Å². The number of anilines is 1. The molecule has 0 radical (unpaired) electrons. The zero-order chi connectivity index (χ0) is 27.7. The SMILES string of the molecule is Cn1nc(C(=O)N(CC(=O)Nc2cc(C(=O)O)ccc2F)Cc2ccccc2F)c2c1-c1cccnc1CC2. The predicted molar refractivity (Wildman–Crippen MR) is 137 cm³/mol. The Bertz CT molecular complexity index is 1620. The van der Waals surface area contributed by atoms with Gasteiger partial charge >= 0.3 is 5.97 Å². The van der Waals surface area contributed by atoms with E-state index in [1.165, 1.54) is 18.2 Å². The lowest BCUT2D eigenvalue weighted by Crippen LogP contribution is -2.38. The molecule has 0 spiro atoms. The Morgan fingerprint density at radius 2 is 1.85 bits per heavy atom. The van der Waals surface area contributed by atoms with Gasteiger partial charge in [0.15, 0.2) is 5.69 Å². The minimum Gasteiger partial charge on any atom is -0.478 e. The third kappa shape index (κ3) is 5.11. The molecular weight excluding hydrogens is 508 g/mol. The second kappa shape index (κ2) is 10.4. The number of aromatic carboxylic acids is 1. The van der Waals surface area contributed by atoms with Gasteiger partial charge in [0.2, 0.25) is 5.91 Å². The summed E-state index contributed by atoms with van der Waals surface area (Å²) >= 11 is 0. The van der Waals surface area contributed by atoms with Crippen molar-refractivity contribution < 1.29 is 28.3 Å². The van der Waals surface area contributed by atoms with E-state index in [0.29, 0.717) is 18.4 Å². The first-order chi connectivity index (χ1) is 18.7. The molecule has 2 N–H and O–H groups in total. The molecule has 4 aromatic rings. The minimum absolute atomic E-state index is 0.130. The molecule has 0 atom stereocenters. The maximum atomic E-state index is 14.5. The van der Waals surface area contributed by atoms with E-state index in [-0.39, 0.29) is 29.1 Å². The largest absolute Gasteiger partial charge is 0.478 e. The third-order valence-corrected chi connectivity index (χ3v) is 6.53. The number of benzene rings is 2. The van der Waals surface area contributed by atoms with Gasteiger partial charge in [0.05, 0.1) is 22.6 Å². The van der Waals surface area contributed by atoms with Crippen molar-refractivity contribution in [3.05, 3.63) is 101 Å². The number of nitrogens with one attached hydrogen (secondary N) is 1. The predicted octanol–water partition coefficient (Wildman–Crippen LogP) is 3.84. The zero-order valence-electron chi connectivity index (χ0n) is 20.8. The van der Waals surface area contributed by atoms with Gasteiger partial charge in [-0.05, 0) is 49.2 Å². The van der Waals surface area contributed by atoms with Crippen LogP contribution >= 0.6 is 0 Å². The summed E-state index contributed by atoms with van der Waals surface area (Å²) in [6.07, 6.45) is 2.80. The van der Waals surface area contributed by atoms with Crippen molar-refractivity contribution >= 4 is 23.5 Å². The van der Waals surface area contributed by atoms with Gasteiger partial charge in [-0.15, -0.1) is 0 Å². The topological polar surface area (TPSA) is 117 Å². The van der Waals surface area contributed by atoms with Gasteiger partial charge in [-0.1, -0.05) is 18.2 Å². The number of fused-ring (bicyclic) bond motifs is 3. The van der Waals surface area contributed by atoms with E-state index in [2.05, 4.69) is 15.4 Å². The van der Waals surface area contributed by atoms with Crippen LogP contribution in [0, 0.1) is 11.6 Å². The molecule has 1 aliphatic rings. The number of hydrogen-bond donors (Lipinski definition) is 2. The van der Waals surface area contributed by atoms with Crippen molar-refractivity contribution in [2.24, 2.45) is 7.05 Å². The third-order valence-electron chi connectivity index (χ3n) is 6.53. The van der Waals surface area contributed by atoms with E-state index in [1.807, 2.05) is 6.07 Å². The van der Waals surface area contributed by atoms with Crippen LogP contribution in [0.1, 0.15) is 37.7 Å². The van der Waals surface area contributed by atoms with E-state index in [0.717, 1.165) is 40.1 Å². The van der Waals surface area contributed by atoms with Crippen molar-refractivity contribution in [2.75, 3.05) is 11.9 Å². The fraction of sp³-hybridized carbons (Fsp3) is 0.179. The number of carboxylic acids is 1. The lowest BCUT2D eigenvalue weighted by atomic mass is 9.92. The monoisotopic (exact) mass is 531 g/mol. The number of carbonyl (C=O) groups excluding carboxylic acids is 2. The van der Waals surface area contributed by atoms with Crippen molar-refractivity contribution in [2.45, 2.75) is 19.4 Å². The molecule has 198 valence electrons. The molecule has 0 saturated carbocycles. The van der Waals surface area contributed by atoms with E-state index >= 15 is 0 Å². The summed E-state index contributed by atoms with van der Waals surface area (Å²) in [4.78, 5) is 43.6. The molecule has 11 heteroatoms. The standard InChI is InChI=1S/C28H23F2N5O4/c1-34-26-18-6-4-12-31-22(18)11-9-19(26)25(33-34)27(37)35(14-17-5-2-3-7-20(17)29)15-24(36)32-23-13-16(28(38)39)8-10-21(23)30/h2-8,10,12-13H,9,11,14-15H2,1H3,(H,32,36)(H,38,39). The summed E-state index contributed by atoms with van der Waals surface area (Å²) in [5, 5.41) is 16.0. The summed E-state index contributed by atoms with van der Waals surface area (Å²) in [6, 6.07) is 12.6. The van der Waals surface area contributed by atoms with Crippen LogP contribution in [0.4, 0.5) is 14.5 Å². The summed E-state index contributed by atoms with van der Waals surface area (Å²) in [7, 11) is 1.71. The highest BCUT2D eigenvalue weighted by molar-refractivity contribution is 6.00. The molecule has 0 fully saturated rings. The van der Waals surface area contributed by atoms with E-state index < -0.39 is 36.0 Å². The van der Waals surface area contributed by atoms with E-state index in [4.69, 9.17) is 0 Å². The quantitative estimate of drug-likeness (QED) is 0.374. The van der Waals surface area contributed by atoms with Gasteiger partial charge in [-0.2, -0.15) is 5.10 Å². The van der Waals surface area contributed by atoms with Crippen LogP contribution in [0.2, 0.25) is 0 Å². The number of rotatable bonds is 7.